The van der Waals surface area contributed by atoms with Crippen LogP contribution in [-0.4, -0.2) is 30.6 Å². The molecular weight excluding hydrogens is 552 g/mol. The summed E-state index contributed by atoms with van der Waals surface area (Å²) >= 11 is 9.09. The summed E-state index contributed by atoms with van der Waals surface area (Å²) in [6, 6.07) is 8.43. The summed E-state index contributed by atoms with van der Waals surface area (Å²) in [7, 11) is 0. The Morgan fingerprint density at radius 3 is 2.29 bits per heavy atom. The molecule has 2 aromatic rings. The Morgan fingerprint density at radius 1 is 1.06 bits per heavy atom. The largest absolute Gasteiger partial charge is 0.405 e. The summed E-state index contributed by atoms with van der Waals surface area (Å²) in [6.45, 7) is 0.151. The SMILES string of the molecule is Cc1cc(Cl)cc(C(/C=C/c2ccc(C(=O)CCC(=O)NCC(F)(F)F)c(Br)c2)C(F)(F)F)c1. The second-order valence-electron chi connectivity index (χ2n) is 7.49. The first-order valence-corrected chi connectivity index (χ1v) is 11.0. The van der Waals surface area contributed by atoms with Gasteiger partial charge in [-0.3, -0.25) is 9.59 Å². The topological polar surface area (TPSA) is 46.2 Å². The zero-order chi connectivity index (χ0) is 25.7. The van der Waals surface area contributed by atoms with E-state index in [0.29, 0.717) is 11.1 Å². The lowest BCUT2D eigenvalue weighted by Gasteiger charge is -2.18. The van der Waals surface area contributed by atoms with Gasteiger partial charge in [0.2, 0.25) is 5.91 Å². The Balaban J connectivity index is 2.12. The van der Waals surface area contributed by atoms with Crippen molar-refractivity contribution in [2.45, 2.75) is 38.0 Å². The minimum absolute atomic E-state index is 0.0107. The maximum atomic E-state index is 13.6. The first kappa shape index (κ1) is 27.9. The molecule has 2 rings (SSSR count). The summed E-state index contributed by atoms with van der Waals surface area (Å²) in [5.74, 6) is -3.33. The number of hydrogen-bond donors (Lipinski definition) is 1. The number of amides is 1. The number of alkyl halides is 6. The predicted molar refractivity (Wildman–Crippen MR) is 121 cm³/mol. The van der Waals surface area contributed by atoms with Gasteiger partial charge in [0, 0.05) is 27.9 Å². The number of hydrogen-bond acceptors (Lipinski definition) is 2. The van der Waals surface area contributed by atoms with Gasteiger partial charge in [0.05, 0.1) is 5.92 Å². The van der Waals surface area contributed by atoms with Crippen molar-refractivity contribution < 1.29 is 35.9 Å². The van der Waals surface area contributed by atoms with Gasteiger partial charge >= 0.3 is 12.4 Å². The van der Waals surface area contributed by atoms with Crippen LogP contribution in [0.2, 0.25) is 5.02 Å². The van der Waals surface area contributed by atoms with Crippen LogP contribution < -0.4 is 5.32 Å². The van der Waals surface area contributed by atoms with Crippen LogP contribution >= 0.6 is 27.5 Å². The molecule has 11 heteroatoms. The van der Waals surface area contributed by atoms with Gasteiger partial charge in [0.1, 0.15) is 6.54 Å². The average molecular weight is 571 g/mol. The first-order chi connectivity index (χ1) is 15.7. The number of rotatable bonds is 8. The van der Waals surface area contributed by atoms with Gasteiger partial charge in [-0.2, -0.15) is 26.3 Å². The number of carbonyl (C=O) groups excluding carboxylic acids is 2. The number of ketones is 1. The zero-order valence-electron chi connectivity index (χ0n) is 17.7. The van der Waals surface area contributed by atoms with Gasteiger partial charge < -0.3 is 5.32 Å². The first-order valence-electron chi connectivity index (χ1n) is 9.84. The normalized spacial score (nSPS) is 13.2. The summed E-state index contributed by atoms with van der Waals surface area (Å²) in [5, 5.41) is 1.87. The van der Waals surface area contributed by atoms with E-state index in [1.54, 1.807) is 18.3 Å². The highest BCUT2D eigenvalue weighted by atomic mass is 79.9. The van der Waals surface area contributed by atoms with Crippen molar-refractivity contribution in [3.05, 3.63) is 74.2 Å². The third kappa shape index (κ3) is 8.79. The Bertz CT molecular complexity index is 1060. The number of halogens is 8. The summed E-state index contributed by atoms with van der Waals surface area (Å²) in [4.78, 5) is 23.8. The van der Waals surface area contributed by atoms with Crippen molar-refractivity contribution in [2.24, 2.45) is 0 Å². The molecule has 0 bridgehead atoms. The van der Waals surface area contributed by atoms with Crippen molar-refractivity contribution >= 4 is 45.3 Å². The smallest absolute Gasteiger partial charge is 0.347 e. The molecule has 0 spiro atoms. The maximum absolute atomic E-state index is 13.6. The molecule has 0 heterocycles. The maximum Gasteiger partial charge on any atom is 0.405 e. The van der Waals surface area contributed by atoms with E-state index in [2.05, 4.69) is 15.9 Å². The van der Waals surface area contributed by atoms with Crippen molar-refractivity contribution in [3.8, 4) is 0 Å². The molecule has 0 saturated carbocycles. The highest BCUT2D eigenvalue weighted by molar-refractivity contribution is 9.10. The average Bonchev–Trinajstić information content (AvgIpc) is 2.68. The third-order valence-electron chi connectivity index (χ3n) is 4.62. The minimum Gasteiger partial charge on any atom is -0.347 e. The standard InChI is InChI=1S/C23H19BrClF6NO2/c1-13-8-15(11-16(25)9-13)18(23(29,30)31)5-3-14-2-4-17(19(24)10-14)20(33)6-7-21(34)32-12-22(26,27)28/h2-5,8-11,18H,6-7,12H2,1H3,(H,32,34)/b5-3+. The van der Waals surface area contributed by atoms with E-state index in [1.165, 1.54) is 36.4 Å². The summed E-state index contributed by atoms with van der Waals surface area (Å²) < 4.78 is 77.6. The van der Waals surface area contributed by atoms with Gasteiger partial charge in [-0.25, -0.2) is 0 Å². The quantitative estimate of drug-likeness (QED) is 0.265. The molecule has 0 aliphatic carbocycles. The molecule has 0 saturated heterocycles. The molecule has 1 N–H and O–H groups in total. The van der Waals surface area contributed by atoms with Crippen LogP contribution in [0.25, 0.3) is 6.08 Å². The van der Waals surface area contributed by atoms with Crippen LogP contribution in [0.4, 0.5) is 26.3 Å². The molecule has 2 aromatic carbocycles. The number of allylic oxidation sites excluding steroid dienone is 1. The highest BCUT2D eigenvalue weighted by Crippen LogP contribution is 2.38. The Kier molecular flexibility index (Phi) is 9.36. The van der Waals surface area contributed by atoms with E-state index < -0.39 is 42.9 Å². The third-order valence-corrected chi connectivity index (χ3v) is 5.49. The second kappa shape index (κ2) is 11.4. The molecule has 1 atom stereocenters. The molecule has 0 aliphatic rings. The van der Waals surface area contributed by atoms with Crippen LogP contribution in [-0.2, 0) is 4.79 Å². The van der Waals surface area contributed by atoms with Gasteiger partial charge in [-0.15, -0.1) is 0 Å². The number of benzene rings is 2. The van der Waals surface area contributed by atoms with Crippen molar-refractivity contribution in [1.29, 1.82) is 0 Å². The molecular formula is C23H19BrClF6NO2. The van der Waals surface area contributed by atoms with Crippen LogP contribution in [0.15, 0.2) is 46.9 Å². The van der Waals surface area contributed by atoms with E-state index in [-0.39, 0.29) is 27.0 Å². The number of Topliss-reactive ketones (excluding diaryl/α,β-unsaturated/α-hetero) is 1. The van der Waals surface area contributed by atoms with Gasteiger partial charge in [-0.1, -0.05) is 51.8 Å². The van der Waals surface area contributed by atoms with E-state index in [9.17, 15) is 35.9 Å². The Morgan fingerprint density at radius 2 is 1.74 bits per heavy atom. The number of carbonyl (C=O) groups is 2. The van der Waals surface area contributed by atoms with E-state index in [0.717, 1.165) is 6.08 Å². The molecule has 0 aromatic heterocycles. The van der Waals surface area contributed by atoms with Crippen LogP contribution in [0, 0.1) is 6.92 Å². The molecule has 0 radical (unpaired) electrons. The van der Waals surface area contributed by atoms with Gasteiger partial charge in [-0.05, 0) is 47.9 Å². The van der Waals surface area contributed by atoms with E-state index in [1.807, 2.05) is 0 Å². The number of aryl methyl sites for hydroxylation is 1. The van der Waals surface area contributed by atoms with Crippen molar-refractivity contribution in [2.75, 3.05) is 6.54 Å². The molecule has 0 fully saturated rings. The molecule has 184 valence electrons. The molecule has 0 aliphatic heterocycles. The Hall–Kier alpha value is -2.33. The van der Waals surface area contributed by atoms with Gasteiger partial charge in [0.25, 0.3) is 0 Å². The van der Waals surface area contributed by atoms with Gasteiger partial charge in [0.15, 0.2) is 5.78 Å². The fraction of sp³-hybridized carbons (Fsp3) is 0.304. The Labute approximate surface area is 205 Å². The van der Waals surface area contributed by atoms with Crippen LogP contribution in [0.3, 0.4) is 0 Å². The van der Waals surface area contributed by atoms with Crippen molar-refractivity contribution in [1.82, 2.24) is 5.32 Å². The van der Waals surface area contributed by atoms with Crippen LogP contribution in [0.1, 0.15) is 45.8 Å². The van der Waals surface area contributed by atoms with E-state index >= 15 is 0 Å². The monoisotopic (exact) mass is 569 g/mol. The lowest BCUT2D eigenvalue weighted by atomic mass is 9.95. The predicted octanol–water partition coefficient (Wildman–Crippen LogP) is 7.41. The molecule has 1 amide bonds. The summed E-state index contributed by atoms with van der Waals surface area (Å²) in [5.41, 5.74) is 1.10. The fourth-order valence-corrected chi connectivity index (χ4v) is 3.99. The van der Waals surface area contributed by atoms with E-state index in [4.69, 9.17) is 11.6 Å². The number of nitrogens with one attached hydrogen (secondary N) is 1. The molecule has 1 unspecified atom stereocenters. The lowest BCUT2D eigenvalue weighted by Crippen LogP contribution is -2.33. The minimum atomic E-state index is -4.56. The zero-order valence-corrected chi connectivity index (χ0v) is 20.0. The van der Waals surface area contributed by atoms with Crippen molar-refractivity contribution in [3.63, 3.8) is 0 Å². The lowest BCUT2D eigenvalue weighted by molar-refractivity contribution is -0.139. The summed E-state index contributed by atoms with van der Waals surface area (Å²) in [6.07, 6.45) is -7.63. The molecule has 3 nitrogen and oxygen atoms in total. The van der Waals surface area contributed by atoms with Crippen LogP contribution in [0.5, 0.6) is 0 Å². The molecule has 34 heavy (non-hydrogen) atoms. The fourth-order valence-electron chi connectivity index (χ4n) is 3.07. The highest BCUT2D eigenvalue weighted by Gasteiger charge is 2.39. The second-order valence-corrected chi connectivity index (χ2v) is 8.79.